The number of aryl methyl sites for hydroxylation is 1. The topological polar surface area (TPSA) is 95.8 Å². The van der Waals surface area contributed by atoms with Gasteiger partial charge in [0.15, 0.2) is 5.82 Å². The second-order valence-corrected chi connectivity index (χ2v) is 7.43. The summed E-state index contributed by atoms with van der Waals surface area (Å²) in [6, 6.07) is 15.5. The Bertz CT molecular complexity index is 1220. The molecule has 0 saturated heterocycles. The smallest absolute Gasteiger partial charge is 0.323 e. The van der Waals surface area contributed by atoms with Crippen LogP contribution in [0.5, 0.6) is 0 Å². The van der Waals surface area contributed by atoms with E-state index in [4.69, 9.17) is 5.73 Å². The SMILES string of the molecule is Cc1cc(NC(=O)Nc2ccc(-c3ccc(F)c4[nH]nc(N)c34)cc2)ccc1Br. The van der Waals surface area contributed by atoms with E-state index in [0.29, 0.717) is 16.8 Å². The summed E-state index contributed by atoms with van der Waals surface area (Å²) in [4.78, 5) is 12.3. The van der Waals surface area contributed by atoms with Gasteiger partial charge in [-0.1, -0.05) is 34.1 Å². The standard InChI is InChI=1S/C21H17BrFN5O/c1-11-10-14(6-8-16(11)22)26-21(29)25-13-4-2-12(3-5-13)15-7-9-17(23)19-18(15)20(24)28-27-19/h2-10H,1H3,(H3,24,27,28)(H2,25,26,29). The van der Waals surface area contributed by atoms with Gasteiger partial charge < -0.3 is 16.4 Å². The van der Waals surface area contributed by atoms with Gasteiger partial charge >= 0.3 is 6.03 Å². The number of anilines is 3. The maximum atomic E-state index is 13.9. The van der Waals surface area contributed by atoms with Crippen LogP contribution in [0.25, 0.3) is 22.0 Å². The molecule has 4 aromatic rings. The molecule has 0 unspecified atom stereocenters. The van der Waals surface area contributed by atoms with Crippen LogP contribution in [0.1, 0.15) is 5.56 Å². The number of urea groups is 1. The molecule has 0 fully saturated rings. The Morgan fingerprint density at radius 1 is 1.07 bits per heavy atom. The molecule has 1 aromatic heterocycles. The number of H-pyrrole nitrogens is 1. The molecule has 2 amide bonds. The molecule has 146 valence electrons. The first-order valence-corrected chi connectivity index (χ1v) is 9.58. The number of fused-ring (bicyclic) bond motifs is 1. The van der Waals surface area contributed by atoms with Crippen molar-refractivity contribution in [1.82, 2.24) is 10.2 Å². The predicted molar refractivity (Wildman–Crippen MR) is 117 cm³/mol. The Balaban J connectivity index is 1.52. The van der Waals surface area contributed by atoms with Gasteiger partial charge in [-0.15, -0.1) is 0 Å². The zero-order chi connectivity index (χ0) is 20.5. The summed E-state index contributed by atoms with van der Waals surface area (Å²) in [5.41, 5.74) is 10.1. The summed E-state index contributed by atoms with van der Waals surface area (Å²) >= 11 is 3.43. The third-order valence-corrected chi connectivity index (χ3v) is 5.46. The molecule has 3 aromatic carbocycles. The average molecular weight is 454 g/mol. The van der Waals surface area contributed by atoms with Gasteiger partial charge in [0, 0.05) is 15.8 Å². The van der Waals surface area contributed by atoms with Crippen LogP contribution in [0.15, 0.2) is 59.1 Å². The van der Waals surface area contributed by atoms with Gasteiger partial charge in [0.05, 0.1) is 5.39 Å². The monoisotopic (exact) mass is 453 g/mol. The Morgan fingerprint density at radius 3 is 2.48 bits per heavy atom. The number of nitrogens with two attached hydrogens (primary N) is 1. The van der Waals surface area contributed by atoms with Crippen LogP contribution in [0.4, 0.5) is 26.4 Å². The quantitative estimate of drug-likeness (QED) is 0.321. The second kappa shape index (κ2) is 7.56. The number of nitrogens with zero attached hydrogens (tertiary/aromatic N) is 1. The molecule has 0 atom stereocenters. The van der Waals surface area contributed by atoms with E-state index >= 15 is 0 Å². The van der Waals surface area contributed by atoms with Crippen LogP contribution in [-0.4, -0.2) is 16.2 Å². The summed E-state index contributed by atoms with van der Waals surface area (Å²) in [6.07, 6.45) is 0. The first kappa shape index (κ1) is 18.9. The largest absolute Gasteiger partial charge is 0.382 e. The van der Waals surface area contributed by atoms with Crippen LogP contribution in [0.3, 0.4) is 0 Å². The average Bonchev–Trinajstić information content (AvgIpc) is 3.09. The molecule has 29 heavy (non-hydrogen) atoms. The summed E-state index contributed by atoms with van der Waals surface area (Å²) in [7, 11) is 0. The highest BCUT2D eigenvalue weighted by Gasteiger charge is 2.13. The number of rotatable bonds is 3. The zero-order valence-corrected chi connectivity index (χ0v) is 17.0. The van der Waals surface area contributed by atoms with Crippen molar-refractivity contribution in [3.8, 4) is 11.1 Å². The number of nitrogens with one attached hydrogen (secondary N) is 3. The van der Waals surface area contributed by atoms with Crippen molar-refractivity contribution in [3.05, 3.63) is 70.5 Å². The number of carbonyl (C=O) groups excluding carboxylic acids is 1. The van der Waals surface area contributed by atoms with Gasteiger partial charge in [0.25, 0.3) is 0 Å². The fourth-order valence-electron chi connectivity index (χ4n) is 3.11. The number of nitrogen functional groups attached to an aromatic ring is 1. The van der Waals surface area contributed by atoms with E-state index in [9.17, 15) is 9.18 Å². The molecule has 0 aliphatic carbocycles. The van der Waals surface area contributed by atoms with E-state index in [1.165, 1.54) is 6.07 Å². The molecule has 1 heterocycles. The van der Waals surface area contributed by atoms with Gasteiger partial charge in [-0.25, -0.2) is 9.18 Å². The van der Waals surface area contributed by atoms with Crippen molar-refractivity contribution in [2.24, 2.45) is 0 Å². The molecule has 6 nitrogen and oxygen atoms in total. The highest BCUT2D eigenvalue weighted by molar-refractivity contribution is 9.10. The molecule has 0 aliphatic heterocycles. The second-order valence-electron chi connectivity index (χ2n) is 6.57. The number of amides is 2. The number of benzene rings is 3. The lowest BCUT2D eigenvalue weighted by Crippen LogP contribution is -2.19. The van der Waals surface area contributed by atoms with Crippen LogP contribution in [-0.2, 0) is 0 Å². The minimum Gasteiger partial charge on any atom is -0.382 e. The molecule has 0 saturated carbocycles. The lowest BCUT2D eigenvalue weighted by atomic mass is 10.0. The highest BCUT2D eigenvalue weighted by atomic mass is 79.9. The highest BCUT2D eigenvalue weighted by Crippen LogP contribution is 2.33. The summed E-state index contributed by atoms with van der Waals surface area (Å²) < 4.78 is 14.9. The van der Waals surface area contributed by atoms with Crippen molar-refractivity contribution in [2.45, 2.75) is 6.92 Å². The van der Waals surface area contributed by atoms with E-state index < -0.39 is 5.82 Å². The number of hydrogen-bond donors (Lipinski definition) is 4. The Labute approximate surface area is 174 Å². The lowest BCUT2D eigenvalue weighted by Gasteiger charge is -2.10. The third-order valence-electron chi connectivity index (χ3n) is 4.57. The van der Waals surface area contributed by atoms with E-state index in [1.54, 1.807) is 18.2 Å². The number of hydrogen-bond acceptors (Lipinski definition) is 3. The molecule has 0 bridgehead atoms. The van der Waals surface area contributed by atoms with Gasteiger partial charge in [-0.05, 0) is 60.0 Å². The molecular formula is C21H17BrFN5O. The van der Waals surface area contributed by atoms with Crippen LogP contribution in [0, 0.1) is 12.7 Å². The first-order chi connectivity index (χ1) is 13.9. The van der Waals surface area contributed by atoms with Gasteiger partial charge in [0.2, 0.25) is 0 Å². The minimum atomic E-state index is -0.411. The van der Waals surface area contributed by atoms with Crippen molar-refractivity contribution in [3.63, 3.8) is 0 Å². The van der Waals surface area contributed by atoms with Crippen LogP contribution >= 0.6 is 15.9 Å². The molecule has 0 spiro atoms. The van der Waals surface area contributed by atoms with Crippen molar-refractivity contribution >= 4 is 50.1 Å². The van der Waals surface area contributed by atoms with E-state index in [1.807, 2.05) is 37.3 Å². The van der Waals surface area contributed by atoms with Crippen LogP contribution in [0.2, 0.25) is 0 Å². The van der Waals surface area contributed by atoms with Gasteiger partial charge in [-0.3, -0.25) is 5.10 Å². The number of aromatic amines is 1. The fraction of sp³-hybridized carbons (Fsp3) is 0.0476. The number of carbonyl (C=O) groups is 1. The molecule has 0 aliphatic rings. The molecule has 0 radical (unpaired) electrons. The molecule has 5 N–H and O–H groups in total. The molecule has 8 heteroatoms. The van der Waals surface area contributed by atoms with Crippen molar-refractivity contribution in [1.29, 1.82) is 0 Å². The fourth-order valence-corrected chi connectivity index (χ4v) is 3.36. The van der Waals surface area contributed by atoms with Gasteiger partial charge in [-0.2, -0.15) is 5.10 Å². The number of aromatic nitrogens is 2. The maximum absolute atomic E-state index is 13.9. The van der Waals surface area contributed by atoms with E-state index in [0.717, 1.165) is 21.2 Å². The molecule has 4 rings (SSSR count). The Hall–Kier alpha value is -3.39. The predicted octanol–water partition coefficient (Wildman–Crippen LogP) is 5.67. The Morgan fingerprint density at radius 2 is 1.76 bits per heavy atom. The van der Waals surface area contributed by atoms with Crippen molar-refractivity contribution < 1.29 is 9.18 Å². The van der Waals surface area contributed by atoms with Crippen LogP contribution < -0.4 is 16.4 Å². The van der Waals surface area contributed by atoms with Crippen molar-refractivity contribution in [2.75, 3.05) is 16.4 Å². The first-order valence-electron chi connectivity index (χ1n) is 8.79. The summed E-state index contributed by atoms with van der Waals surface area (Å²) in [5, 5.41) is 12.6. The van der Waals surface area contributed by atoms with E-state index in [2.05, 4.69) is 36.8 Å². The normalized spacial score (nSPS) is 10.9. The van der Waals surface area contributed by atoms with E-state index in [-0.39, 0.29) is 17.4 Å². The number of halogens is 2. The summed E-state index contributed by atoms with van der Waals surface area (Å²) in [5.74, 6) is -0.174. The zero-order valence-electron chi connectivity index (χ0n) is 15.4. The van der Waals surface area contributed by atoms with Gasteiger partial charge in [0.1, 0.15) is 11.3 Å². The third kappa shape index (κ3) is 3.79. The molecular weight excluding hydrogens is 437 g/mol. The lowest BCUT2D eigenvalue weighted by molar-refractivity contribution is 0.262. The minimum absolute atomic E-state index is 0.237. The Kier molecular flexibility index (Phi) is 4.94. The summed E-state index contributed by atoms with van der Waals surface area (Å²) in [6.45, 7) is 1.95. The maximum Gasteiger partial charge on any atom is 0.323 e.